The zero-order valence-corrected chi connectivity index (χ0v) is 35.0. The molecule has 0 saturated carbocycles. The topological polar surface area (TPSA) is 0 Å². The van der Waals surface area contributed by atoms with Crippen LogP contribution in [0.2, 0.25) is 0 Å². The van der Waals surface area contributed by atoms with Gasteiger partial charge in [0.25, 0.3) is 0 Å². The molecule has 2 radical (unpaired) electrons. The van der Waals surface area contributed by atoms with Crippen molar-refractivity contribution in [2.24, 2.45) is 0 Å². The normalized spacial score (nSPS) is 10.2. The van der Waals surface area contributed by atoms with Crippen LogP contribution in [0.3, 0.4) is 0 Å². The van der Waals surface area contributed by atoms with Gasteiger partial charge in [-0.15, -0.1) is 93.4 Å². The molecule has 0 spiro atoms. The van der Waals surface area contributed by atoms with Crippen LogP contribution >= 0.6 is 24.8 Å². The van der Waals surface area contributed by atoms with Crippen LogP contribution in [-0.2, 0) is 23.3 Å². The SMILES string of the molecule is CC(C)c1ccc(-c2cccc3[cH-]c(C(C)C)cc23)cc1.Cc1cc2c(-c3ccc(C(C)C)cc3)ccc(C)c2[cH-]1.Cl.Cl.[CH3-].[CH3-].[Si]=[Zr]. The van der Waals surface area contributed by atoms with Crippen LogP contribution in [-0.4, -0.2) is 6.88 Å². The first-order valence-corrected chi connectivity index (χ1v) is 19.6. The molecule has 47 heavy (non-hydrogen) atoms. The zero-order chi connectivity index (χ0) is 31.3. The minimum absolute atomic E-state index is 0. The molecule has 6 rings (SSSR count). The summed E-state index contributed by atoms with van der Waals surface area (Å²) in [5.74, 6) is 1.75. The van der Waals surface area contributed by atoms with Gasteiger partial charge >= 0.3 is 30.2 Å². The van der Waals surface area contributed by atoms with Gasteiger partial charge in [-0.3, -0.25) is 0 Å². The zero-order valence-electron chi connectivity index (χ0n) is 29.9. The van der Waals surface area contributed by atoms with Crippen molar-refractivity contribution in [2.45, 2.75) is 73.1 Å². The Kier molecular flexibility index (Phi) is 19.4. The average Bonchev–Trinajstić information content (AvgIpc) is 3.63. The van der Waals surface area contributed by atoms with Crippen molar-refractivity contribution < 1.29 is 23.3 Å². The Morgan fingerprint density at radius 2 is 1.04 bits per heavy atom. The van der Waals surface area contributed by atoms with Gasteiger partial charge in [0, 0.05) is 0 Å². The second-order valence-electron chi connectivity index (χ2n) is 12.6. The van der Waals surface area contributed by atoms with Crippen LogP contribution in [0.25, 0.3) is 43.8 Å². The van der Waals surface area contributed by atoms with Gasteiger partial charge in [0.1, 0.15) is 0 Å². The second-order valence-corrected chi connectivity index (χ2v) is 12.6. The molecule has 0 aliphatic heterocycles. The second kappa shape index (κ2) is 20.3. The first-order valence-electron chi connectivity index (χ1n) is 15.4. The predicted molar refractivity (Wildman–Crippen MR) is 215 cm³/mol. The van der Waals surface area contributed by atoms with Crippen LogP contribution in [0.5, 0.6) is 0 Å². The molecule has 0 saturated heterocycles. The average molecular weight is 759 g/mol. The van der Waals surface area contributed by atoms with Crippen molar-refractivity contribution >= 4 is 53.2 Å². The first kappa shape index (κ1) is 44.8. The van der Waals surface area contributed by atoms with Crippen LogP contribution in [0.15, 0.2) is 103 Å². The molecular formula is C43H52Cl2SiZr-4. The number of halogens is 2. The third-order valence-corrected chi connectivity index (χ3v) is 8.47. The molecule has 0 bridgehead atoms. The molecule has 0 aromatic heterocycles. The molecule has 0 amide bonds. The molecule has 0 unspecified atom stereocenters. The summed E-state index contributed by atoms with van der Waals surface area (Å²) in [7, 11) is 0. The van der Waals surface area contributed by atoms with Crippen LogP contribution in [0.1, 0.15) is 87.1 Å². The summed E-state index contributed by atoms with van der Waals surface area (Å²) in [5, 5.41) is 5.48. The van der Waals surface area contributed by atoms with Crippen molar-refractivity contribution in [3.63, 3.8) is 0 Å². The van der Waals surface area contributed by atoms with Crippen LogP contribution < -0.4 is 0 Å². The fraction of sp³-hybridized carbons (Fsp3) is 0.256. The molecular weight excluding hydrogens is 707 g/mol. The van der Waals surface area contributed by atoms with Gasteiger partial charge in [0.2, 0.25) is 0 Å². The van der Waals surface area contributed by atoms with E-state index in [0.717, 1.165) is 0 Å². The number of aryl methyl sites for hydroxylation is 2. The number of fused-ring (bicyclic) bond motifs is 2. The quantitative estimate of drug-likeness (QED) is 0.121. The third-order valence-electron chi connectivity index (χ3n) is 8.47. The van der Waals surface area contributed by atoms with Gasteiger partial charge in [-0.1, -0.05) is 127 Å². The van der Waals surface area contributed by atoms with Crippen molar-refractivity contribution in [2.75, 3.05) is 0 Å². The Hall–Kier alpha value is -2.22. The Bertz CT molecular complexity index is 1790. The van der Waals surface area contributed by atoms with E-state index in [0.29, 0.717) is 17.8 Å². The van der Waals surface area contributed by atoms with Gasteiger partial charge in [-0.25, -0.2) is 0 Å². The van der Waals surface area contributed by atoms with Gasteiger partial charge in [-0.2, -0.15) is 12.1 Å². The summed E-state index contributed by atoms with van der Waals surface area (Å²) < 4.78 is 0. The van der Waals surface area contributed by atoms with E-state index in [1.165, 1.54) is 95.0 Å². The molecule has 0 atom stereocenters. The number of hydrogen-bond acceptors (Lipinski definition) is 0. The van der Waals surface area contributed by atoms with E-state index in [1.807, 2.05) is 0 Å². The Labute approximate surface area is 315 Å². The van der Waals surface area contributed by atoms with Gasteiger partial charge < -0.3 is 14.9 Å². The Morgan fingerprint density at radius 1 is 0.553 bits per heavy atom. The molecule has 0 aliphatic rings. The maximum atomic E-state index is 3.06. The third kappa shape index (κ3) is 10.6. The monoisotopic (exact) mass is 756 g/mol. The molecule has 0 aliphatic carbocycles. The minimum atomic E-state index is 0. The number of hydrogen-bond donors (Lipinski definition) is 0. The number of benzene rings is 4. The summed E-state index contributed by atoms with van der Waals surface area (Å²) in [6.45, 7) is 20.9. The van der Waals surface area contributed by atoms with Crippen LogP contribution in [0.4, 0.5) is 0 Å². The van der Waals surface area contributed by atoms with Crippen molar-refractivity contribution in [1.82, 2.24) is 0 Å². The summed E-state index contributed by atoms with van der Waals surface area (Å²) >= 11 is 1.36. The molecule has 6 aromatic rings. The Morgan fingerprint density at radius 3 is 1.51 bits per heavy atom. The number of rotatable bonds is 5. The molecule has 0 N–H and O–H groups in total. The van der Waals surface area contributed by atoms with E-state index in [1.54, 1.807) is 0 Å². The van der Waals surface area contributed by atoms with E-state index in [2.05, 4.69) is 165 Å². The molecule has 250 valence electrons. The van der Waals surface area contributed by atoms with Crippen molar-refractivity contribution in [1.29, 1.82) is 0 Å². The van der Waals surface area contributed by atoms with E-state index in [9.17, 15) is 0 Å². The fourth-order valence-corrected chi connectivity index (χ4v) is 5.78. The predicted octanol–water partition coefficient (Wildman–Crippen LogP) is 13.8. The van der Waals surface area contributed by atoms with Crippen LogP contribution in [0, 0.1) is 28.7 Å². The van der Waals surface area contributed by atoms with Gasteiger partial charge in [-0.05, 0) is 40.0 Å². The van der Waals surface area contributed by atoms with Gasteiger partial charge in [0.05, 0.1) is 0 Å². The summed E-state index contributed by atoms with van der Waals surface area (Å²) in [4.78, 5) is 0. The van der Waals surface area contributed by atoms with E-state index in [-0.39, 0.29) is 39.7 Å². The molecule has 6 aromatic carbocycles. The summed E-state index contributed by atoms with van der Waals surface area (Å²) in [6.07, 6.45) is 0. The standard InChI is InChI=1S/C21H23.C20H21.2CH3.2ClH.Si.Zr/c1-14(2)16-8-10-17(11-9-16)20-7-5-6-18-12-19(15(3)4)13-21(18)20;1-13(2)16-6-8-17(9-7-16)18-10-5-15(4)19-11-14(3)12-20(18)19;;;;;;/h5-15H,1-4H3;5-13H,1-4H3;2*1H3;2*1H;;/q4*-1;;;;. The first-order chi connectivity index (χ1) is 20.6. The summed E-state index contributed by atoms with van der Waals surface area (Å²) in [6, 6.07) is 38.4. The fourth-order valence-electron chi connectivity index (χ4n) is 5.78. The van der Waals surface area contributed by atoms with Gasteiger partial charge in [0.15, 0.2) is 0 Å². The van der Waals surface area contributed by atoms with E-state index < -0.39 is 0 Å². The van der Waals surface area contributed by atoms with Crippen molar-refractivity contribution in [3.8, 4) is 22.3 Å². The molecule has 0 fully saturated rings. The Balaban J connectivity index is 0.000000792. The molecule has 4 heteroatoms. The van der Waals surface area contributed by atoms with E-state index in [4.69, 9.17) is 0 Å². The molecule has 0 nitrogen and oxygen atoms in total. The maximum absolute atomic E-state index is 3.06. The van der Waals surface area contributed by atoms with E-state index >= 15 is 0 Å². The van der Waals surface area contributed by atoms with Crippen molar-refractivity contribution in [3.05, 3.63) is 146 Å². The summed E-state index contributed by atoms with van der Waals surface area (Å²) in [5.41, 5.74) is 12.2. The molecule has 0 heterocycles.